The summed E-state index contributed by atoms with van der Waals surface area (Å²) in [4.78, 5) is 0. The Balaban J connectivity index is 3.51. The molecule has 0 bridgehead atoms. The smallest absolute Gasteiger partial charge is 0.0459 e. The zero-order valence-electron chi connectivity index (χ0n) is 8.35. The molecule has 0 saturated heterocycles. The van der Waals surface area contributed by atoms with Gasteiger partial charge in [0.15, 0.2) is 0 Å². The predicted molar refractivity (Wildman–Crippen MR) is 49.6 cm³/mol. The maximum Gasteiger partial charge on any atom is 0.0459 e. The van der Waals surface area contributed by atoms with Crippen LogP contribution >= 0.6 is 0 Å². The highest BCUT2D eigenvalue weighted by Gasteiger charge is 2.13. The van der Waals surface area contributed by atoms with E-state index in [9.17, 15) is 0 Å². The van der Waals surface area contributed by atoms with Crippen molar-refractivity contribution in [3.63, 3.8) is 0 Å². The average molecular weight is 158 g/mol. The van der Waals surface area contributed by atoms with Crippen LogP contribution < -0.4 is 0 Å². The van der Waals surface area contributed by atoms with E-state index in [0.29, 0.717) is 17.9 Å². The Morgan fingerprint density at radius 2 is 1.82 bits per heavy atom. The largest absolute Gasteiger partial charge is 0.396 e. The molecule has 1 N–H and O–H groups in total. The van der Waals surface area contributed by atoms with Crippen LogP contribution in [0.3, 0.4) is 0 Å². The van der Waals surface area contributed by atoms with Crippen LogP contribution in [0.4, 0.5) is 0 Å². The molecule has 0 unspecified atom stereocenters. The number of rotatable bonds is 4. The van der Waals surface area contributed by atoms with Crippen molar-refractivity contribution >= 4 is 0 Å². The predicted octanol–water partition coefficient (Wildman–Crippen LogP) is 2.83. The van der Waals surface area contributed by atoms with Crippen LogP contribution in [0.5, 0.6) is 0 Å². The molecule has 11 heavy (non-hydrogen) atoms. The Bertz CT molecular complexity index is 87.5. The highest BCUT2D eigenvalue weighted by atomic mass is 16.3. The molecule has 0 aromatic carbocycles. The lowest BCUT2D eigenvalue weighted by molar-refractivity contribution is 0.197. The van der Waals surface area contributed by atoms with E-state index in [-0.39, 0.29) is 0 Å². The normalized spacial score (nSPS) is 15.0. The fourth-order valence-electron chi connectivity index (χ4n) is 1.06. The lowest BCUT2D eigenvalue weighted by atomic mass is 9.86. The topological polar surface area (TPSA) is 20.2 Å². The van der Waals surface area contributed by atoms with Crippen LogP contribution in [-0.4, -0.2) is 11.7 Å². The zero-order valence-corrected chi connectivity index (χ0v) is 8.35. The number of hydrogen-bond donors (Lipinski definition) is 1. The standard InChI is InChI=1S/C10H22O/c1-5-9(8-11)6-7-10(2,3)4/h9,11H,5-8H2,1-4H3/t9-/m0/s1. The van der Waals surface area contributed by atoms with Gasteiger partial charge in [-0.25, -0.2) is 0 Å². The minimum Gasteiger partial charge on any atom is -0.396 e. The monoisotopic (exact) mass is 158 g/mol. The SMILES string of the molecule is CC[C@H](CO)CCC(C)(C)C. The number of aliphatic hydroxyl groups excluding tert-OH is 1. The van der Waals surface area contributed by atoms with E-state index >= 15 is 0 Å². The van der Waals surface area contributed by atoms with Gasteiger partial charge in [0.05, 0.1) is 0 Å². The van der Waals surface area contributed by atoms with Crippen molar-refractivity contribution in [2.24, 2.45) is 11.3 Å². The van der Waals surface area contributed by atoms with Crippen LogP contribution in [-0.2, 0) is 0 Å². The van der Waals surface area contributed by atoms with Gasteiger partial charge in [-0.2, -0.15) is 0 Å². The molecule has 1 atom stereocenters. The first kappa shape index (κ1) is 11.0. The van der Waals surface area contributed by atoms with E-state index in [4.69, 9.17) is 5.11 Å². The van der Waals surface area contributed by atoms with E-state index in [1.807, 2.05) is 0 Å². The summed E-state index contributed by atoms with van der Waals surface area (Å²) >= 11 is 0. The molecule has 0 aromatic rings. The molecular weight excluding hydrogens is 136 g/mol. The Hall–Kier alpha value is -0.0400. The molecule has 0 aromatic heterocycles. The molecule has 0 rings (SSSR count). The minimum atomic E-state index is 0.354. The highest BCUT2D eigenvalue weighted by Crippen LogP contribution is 2.24. The van der Waals surface area contributed by atoms with E-state index in [2.05, 4.69) is 27.7 Å². The molecule has 1 heteroatoms. The van der Waals surface area contributed by atoms with Crippen LogP contribution in [0.2, 0.25) is 0 Å². The molecule has 0 aliphatic rings. The van der Waals surface area contributed by atoms with Crippen molar-refractivity contribution in [3.05, 3.63) is 0 Å². The molecular formula is C10H22O. The Labute approximate surface area is 70.8 Å². The Morgan fingerprint density at radius 1 is 1.27 bits per heavy atom. The highest BCUT2D eigenvalue weighted by molar-refractivity contribution is 4.64. The van der Waals surface area contributed by atoms with Gasteiger partial charge in [0.2, 0.25) is 0 Å². The van der Waals surface area contributed by atoms with Gasteiger partial charge in [-0.3, -0.25) is 0 Å². The maximum atomic E-state index is 8.92. The third-order valence-electron chi connectivity index (χ3n) is 2.14. The van der Waals surface area contributed by atoms with Gasteiger partial charge in [-0.05, 0) is 24.2 Å². The van der Waals surface area contributed by atoms with Crippen molar-refractivity contribution < 1.29 is 5.11 Å². The van der Waals surface area contributed by atoms with E-state index in [0.717, 1.165) is 12.8 Å². The van der Waals surface area contributed by atoms with E-state index in [1.165, 1.54) is 6.42 Å². The van der Waals surface area contributed by atoms with Crippen molar-refractivity contribution in [3.8, 4) is 0 Å². The maximum absolute atomic E-state index is 8.92. The number of hydrogen-bond acceptors (Lipinski definition) is 1. The quantitative estimate of drug-likeness (QED) is 0.667. The second kappa shape index (κ2) is 4.76. The summed E-state index contributed by atoms with van der Waals surface area (Å²) in [6.07, 6.45) is 3.48. The van der Waals surface area contributed by atoms with E-state index in [1.54, 1.807) is 0 Å². The molecule has 0 saturated carbocycles. The molecule has 68 valence electrons. The summed E-state index contributed by atoms with van der Waals surface area (Å²) in [7, 11) is 0. The van der Waals surface area contributed by atoms with Crippen LogP contribution in [0.15, 0.2) is 0 Å². The molecule has 1 nitrogen and oxygen atoms in total. The Morgan fingerprint density at radius 3 is 2.09 bits per heavy atom. The third kappa shape index (κ3) is 6.36. The van der Waals surface area contributed by atoms with Gasteiger partial charge >= 0.3 is 0 Å². The zero-order chi connectivity index (χ0) is 8.91. The fraction of sp³-hybridized carbons (Fsp3) is 1.00. The number of aliphatic hydroxyl groups is 1. The first-order valence-electron chi connectivity index (χ1n) is 4.60. The molecule has 0 spiro atoms. The first-order chi connectivity index (χ1) is 4.99. The third-order valence-corrected chi connectivity index (χ3v) is 2.14. The van der Waals surface area contributed by atoms with Gasteiger partial charge in [-0.15, -0.1) is 0 Å². The van der Waals surface area contributed by atoms with E-state index < -0.39 is 0 Å². The van der Waals surface area contributed by atoms with Crippen LogP contribution in [0, 0.1) is 11.3 Å². The van der Waals surface area contributed by atoms with Crippen LogP contribution in [0.1, 0.15) is 47.0 Å². The summed E-state index contributed by atoms with van der Waals surface area (Å²) in [6, 6.07) is 0. The molecule has 0 fully saturated rings. The second-order valence-corrected chi connectivity index (χ2v) is 4.56. The molecule has 0 amide bonds. The molecule has 0 radical (unpaired) electrons. The summed E-state index contributed by atoms with van der Waals surface area (Å²) in [6.45, 7) is 9.24. The van der Waals surface area contributed by atoms with Crippen molar-refractivity contribution in [2.75, 3.05) is 6.61 Å². The van der Waals surface area contributed by atoms with Crippen molar-refractivity contribution in [1.82, 2.24) is 0 Å². The lowest BCUT2D eigenvalue weighted by Gasteiger charge is -2.20. The van der Waals surface area contributed by atoms with Crippen molar-refractivity contribution in [2.45, 2.75) is 47.0 Å². The Kier molecular flexibility index (Phi) is 4.74. The molecule has 0 heterocycles. The van der Waals surface area contributed by atoms with Gasteiger partial charge in [0.1, 0.15) is 0 Å². The lowest BCUT2D eigenvalue weighted by Crippen LogP contribution is -2.11. The minimum absolute atomic E-state index is 0.354. The van der Waals surface area contributed by atoms with Gasteiger partial charge in [0, 0.05) is 6.61 Å². The molecule has 0 aliphatic carbocycles. The summed E-state index contributed by atoms with van der Waals surface area (Å²) in [5.41, 5.74) is 0.419. The van der Waals surface area contributed by atoms with Crippen molar-refractivity contribution in [1.29, 1.82) is 0 Å². The average Bonchev–Trinajstić information content (AvgIpc) is 1.88. The second-order valence-electron chi connectivity index (χ2n) is 4.56. The van der Waals surface area contributed by atoms with Gasteiger partial charge < -0.3 is 5.11 Å². The summed E-state index contributed by atoms with van der Waals surface area (Å²) in [5.74, 6) is 0.522. The van der Waals surface area contributed by atoms with Crippen LogP contribution in [0.25, 0.3) is 0 Å². The summed E-state index contributed by atoms with van der Waals surface area (Å²) < 4.78 is 0. The van der Waals surface area contributed by atoms with Gasteiger partial charge in [-0.1, -0.05) is 34.1 Å². The first-order valence-corrected chi connectivity index (χ1v) is 4.60. The summed E-state index contributed by atoms with van der Waals surface area (Å²) in [5, 5.41) is 8.92. The molecule has 0 aliphatic heterocycles. The fourth-order valence-corrected chi connectivity index (χ4v) is 1.06. The van der Waals surface area contributed by atoms with Gasteiger partial charge in [0.25, 0.3) is 0 Å².